The molecule has 1 saturated carbocycles. The normalized spacial score (nSPS) is 23.6. The van der Waals surface area contributed by atoms with Gasteiger partial charge in [0.25, 0.3) is 5.91 Å². The van der Waals surface area contributed by atoms with E-state index in [0.717, 1.165) is 10.0 Å². The fourth-order valence-electron chi connectivity index (χ4n) is 6.62. The maximum absolute atomic E-state index is 14.4. The lowest BCUT2D eigenvalue weighted by atomic mass is 9.57. The first-order valence-electron chi connectivity index (χ1n) is 13.9. The third-order valence-corrected chi connectivity index (χ3v) is 9.30. The monoisotopic (exact) mass is 641 g/mol. The Morgan fingerprint density at radius 3 is 2.52 bits per heavy atom. The molecule has 8 nitrogen and oxygen atoms in total. The van der Waals surface area contributed by atoms with E-state index in [1.54, 1.807) is 24.3 Å². The smallest absolute Gasteiger partial charge is 0.387 e. The van der Waals surface area contributed by atoms with Crippen molar-refractivity contribution in [3.8, 4) is 5.75 Å². The van der Waals surface area contributed by atoms with E-state index in [9.17, 15) is 23.5 Å². The highest BCUT2D eigenvalue weighted by atomic mass is 79.9. The summed E-state index contributed by atoms with van der Waals surface area (Å²) >= 11 is 3.53. The van der Waals surface area contributed by atoms with E-state index < -0.39 is 23.5 Å². The lowest BCUT2D eigenvalue weighted by Crippen LogP contribution is -2.57. The van der Waals surface area contributed by atoms with Crippen molar-refractivity contribution in [3.05, 3.63) is 69.7 Å². The van der Waals surface area contributed by atoms with Gasteiger partial charge in [0.05, 0.1) is 35.2 Å². The number of pyridine rings is 1. The number of aliphatic carboxylic acids is 1. The highest BCUT2D eigenvalue weighted by molar-refractivity contribution is 9.10. The van der Waals surface area contributed by atoms with Crippen LogP contribution in [0.1, 0.15) is 47.2 Å². The van der Waals surface area contributed by atoms with Gasteiger partial charge in [-0.3, -0.25) is 9.59 Å². The number of fused-ring (bicyclic) bond motifs is 3. The Morgan fingerprint density at radius 2 is 1.83 bits per heavy atom. The van der Waals surface area contributed by atoms with E-state index in [1.807, 2.05) is 25.1 Å². The quantitative estimate of drug-likeness (QED) is 0.329. The molecule has 2 bridgehead atoms. The van der Waals surface area contributed by atoms with Crippen LogP contribution >= 0.6 is 15.9 Å². The van der Waals surface area contributed by atoms with Gasteiger partial charge in [0, 0.05) is 34.1 Å². The number of aromatic nitrogens is 1. The zero-order chi connectivity index (χ0) is 29.6. The molecule has 2 fully saturated rings. The third-order valence-electron chi connectivity index (χ3n) is 8.81. The lowest BCUT2D eigenvalue weighted by molar-refractivity contribution is -0.148. The molecule has 42 heavy (non-hydrogen) atoms. The van der Waals surface area contributed by atoms with Crippen LogP contribution in [-0.4, -0.2) is 60.4 Å². The number of carboxylic acid groups (broad SMARTS) is 1. The molecule has 0 radical (unpaired) electrons. The third kappa shape index (κ3) is 4.92. The summed E-state index contributed by atoms with van der Waals surface area (Å²) in [6.07, 6.45) is 2.93. The summed E-state index contributed by atoms with van der Waals surface area (Å²) in [5.41, 5.74) is 0.547. The molecule has 3 aliphatic carbocycles. The van der Waals surface area contributed by atoms with Gasteiger partial charge < -0.3 is 24.8 Å². The van der Waals surface area contributed by atoms with Gasteiger partial charge in [-0.25, -0.2) is 4.98 Å². The number of hydrogen-bond donors (Lipinski definition) is 2. The van der Waals surface area contributed by atoms with Crippen molar-refractivity contribution < 1.29 is 33.0 Å². The number of morpholine rings is 1. The van der Waals surface area contributed by atoms with Crippen molar-refractivity contribution in [2.24, 2.45) is 5.41 Å². The number of amides is 1. The van der Waals surface area contributed by atoms with Crippen molar-refractivity contribution in [2.45, 2.75) is 44.8 Å². The van der Waals surface area contributed by atoms with Gasteiger partial charge in [-0.2, -0.15) is 8.78 Å². The molecule has 0 atom stereocenters. The predicted octanol–water partition coefficient (Wildman–Crippen LogP) is 5.95. The molecule has 1 aliphatic heterocycles. The standard InChI is InChI=1S/C31H30BrF2N3O5/c1-18-25(21-16-19(32)6-7-23(21)35-26(18)37-12-14-41-15-13-37)27(38)36-31-10-8-30(9-11-31,28(39)40)17-22(31)20-4-2-3-5-24(20)42-29(33)34/h2-7,16-17,29H,8-15H2,1H3,(H,36,38)(H,39,40). The number of hydrogen-bond acceptors (Lipinski definition) is 6. The van der Waals surface area contributed by atoms with Crippen LogP contribution in [0.5, 0.6) is 5.75 Å². The number of alkyl halides is 2. The summed E-state index contributed by atoms with van der Waals surface area (Å²) in [7, 11) is 0. The molecular formula is C31H30BrF2N3O5. The van der Waals surface area contributed by atoms with Gasteiger partial charge in [0.1, 0.15) is 11.6 Å². The van der Waals surface area contributed by atoms with Gasteiger partial charge >= 0.3 is 12.6 Å². The van der Waals surface area contributed by atoms with Crippen molar-refractivity contribution in [1.29, 1.82) is 0 Å². The largest absolute Gasteiger partial charge is 0.481 e. The van der Waals surface area contributed by atoms with Crippen LogP contribution in [0.25, 0.3) is 16.5 Å². The number of halogens is 3. The Kier molecular flexibility index (Phi) is 7.43. The number of rotatable bonds is 7. The Bertz CT molecular complexity index is 1600. The Balaban J connectivity index is 1.47. The number of carbonyl (C=O) groups is 2. The Labute approximate surface area is 249 Å². The van der Waals surface area contributed by atoms with Crippen molar-refractivity contribution in [2.75, 3.05) is 31.2 Å². The molecular weight excluding hydrogens is 612 g/mol. The Hall–Kier alpha value is -3.57. The second-order valence-corrected chi connectivity index (χ2v) is 12.0. The average Bonchev–Trinajstić information content (AvgIpc) is 2.97. The van der Waals surface area contributed by atoms with E-state index in [-0.39, 0.29) is 11.7 Å². The van der Waals surface area contributed by atoms with Crippen molar-refractivity contribution in [1.82, 2.24) is 10.3 Å². The zero-order valence-electron chi connectivity index (χ0n) is 23.0. The molecule has 1 saturated heterocycles. The molecule has 0 spiro atoms. The van der Waals surface area contributed by atoms with E-state index >= 15 is 0 Å². The maximum Gasteiger partial charge on any atom is 0.387 e. The highest BCUT2D eigenvalue weighted by Crippen LogP contribution is 2.55. The number of carbonyl (C=O) groups excluding carboxylic acids is 1. The summed E-state index contributed by atoms with van der Waals surface area (Å²) in [4.78, 5) is 33.9. The minimum Gasteiger partial charge on any atom is -0.481 e. The zero-order valence-corrected chi connectivity index (χ0v) is 24.5. The van der Waals surface area contributed by atoms with Crippen LogP contribution < -0.4 is 15.0 Å². The number of anilines is 1. The van der Waals surface area contributed by atoms with Crippen LogP contribution in [0.15, 0.2) is 53.0 Å². The average molecular weight is 642 g/mol. The van der Waals surface area contributed by atoms with Crippen LogP contribution in [0.4, 0.5) is 14.6 Å². The number of carboxylic acids is 1. The molecule has 1 aromatic heterocycles. The highest BCUT2D eigenvalue weighted by Gasteiger charge is 2.54. The number of benzene rings is 2. The first-order chi connectivity index (χ1) is 20.1. The second-order valence-electron chi connectivity index (χ2n) is 11.1. The summed E-state index contributed by atoms with van der Waals surface area (Å²) in [5.74, 6) is -0.665. The molecule has 3 aromatic rings. The van der Waals surface area contributed by atoms with Crippen LogP contribution in [-0.2, 0) is 9.53 Å². The number of nitrogens with one attached hydrogen (secondary N) is 1. The van der Waals surface area contributed by atoms with Crippen molar-refractivity contribution >= 4 is 50.1 Å². The SMILES string of the molecule is Cc1c(N2CCOCC2)nc2ccc(Br)cc2c1C(=O)NC12CCC(C(=O)O)(C=C1c1ccccc1OC(F)F)CC2. The molecule has 1 amide bonds. The molecule has 0 unspecified atom stereocenters. The summed E-state index contributed by atoms with van der Waals surface area (Å²) in [6.45, 7) is 1.23. The van der Waals surface area contributed by atoms with Crippen LogP contribution in [0.3, 0.4) is 0 Å². The van der Waals surface area contributed by atoms with Gasteiger partial charge in [0.15, 0.2) is 0 Å². The van der Waals surface area contributed by atoms with Crippen LogP contribution in [0, 0.1) is 12.3 Å². The van der Waals surface area contributed by atoms with E-state index in [2.05, 4.69) is 26.1 Å². The first-order valence-corrected chi connectivity index (χ1v) is 14.7. The molecule has 7 rings (SSSR count). The summed E-state index contributed by atoms with van der Waals surface area (Å²) in [6, 6.07) is 11.9. The first kappa shape index (κ1) is 28.5. The molecule has 11 heteroatoms. The van der Waals surface area contributed by atoms with E-state index in [0.29, 0.717) is 85.4 Å². The number of ether oxygens (including phenoxy) is 2. The number of para-hydroxylation sites is 1. The molecule has 2 aromatic carbocycles. The molecule has 2 heterocycles. The molecule has 220 valence electrons. The van der Waals surface area contributed by atoms with E-state index in [1.165, 1.54) is 6.07 Å². The van der Waals surface area contributed by atoms with Crippen molar-refractivity contribution in [3.63, 3.8) is 0 Å². The maximum atomic E-state index is 14.4. The fourth-order valence-corrected chi connectivity index (χ4v) is 6.98. The summed E-state index contributed by atoms with van der Waals surface area (Å²) in [5, 5.41) is 14.1. The Morgan fingerprint density at radius 1 is 1.12 bits per heavy atom. The summed E-state index contributed by atoms with van der Waals surface area (Å²) < 4.78 is 37.9. The lowest BCUT2D eigenvalue weighted by Gasteiger charge is -2.51. The second kappa shape index (κ2) is 10.9. The van der Waals surface area contributed by atoms with Gasteiger partial charge in [-0.15, -0.1) is 0 Å². The van der Waals surface area contributed by atoms with Gasteiger partial charge in [-0.05, 0) is 62.4 Å². The minimum absolute atomic E-state index is 0.0652. The molecule has 4 aliphatic rings. The topological polar surface area (TPSA) is 101 Å². The molecule has 2 N–H and O–H groups in total. The van der Waals surface area contributed by atoms with Gasteiger partial charge in [-0.1, -0.05) is 40.2 Å². The predicted molar refractivity (Wildman–Crippen MR) is 157 cm³/mol. The number of nitrogens with zero attached hydrogens (tertiary/aromatic N) is 2. The van der Waals surface area contributed by atoms with Crippen LogP contribution in [0.2, 0.25) is 0 Å². The fraction of sp³-hybridized carbons (Fsp3) is 0.387. The van der Waals surface area contributed by atoms with Gasteiger partial charge in [0.2, 0.25) is 0 Å². The van der Waals surface area contributed by atoms with E-state index in [4.69, 9.17) is 14.5 Å². The minimum atomic E-state index is -3.06.